The van der Waals surface area contributed by atoms with E-state index in [4.69, 9.17) is 11.6 Å². The number of amides is 1. The van der Waals surface area contributed by atoms with E-state index in [1.165, 1.54) is 0 Å². The van der Waals surface area contributed by atoms with Gasteiger partial charge in [-0.1, -0.05) is 17.7 Å². The Bertz CT molecular complexity index is 727. The third-order valence-electron chi connectivity index (χ3n) is 4.56. The maximum absolute atomic E-state index is 12.9. The summed E-state index contributed by atoms with van der Waals surface area (Å²) in [6.07, 6.45) is 3.83. The Balaban J connectivity index is 1.82. The van der Waals surface area contributed by atoms with Crippen molar-refractivity contribution in [3.05, 3.63) is 46.7 Å². The fourth-order valence-electron chi connectivity index (χ4n) is 3.09. The zero-order valence-electron chi connectivity index (χ0n) is 13.6. The van der Waals surface area contributed by atoms with Gasteiger partial charge in [-0.05, 0) is 30.2 Å². The second kappa shape index (κ2) is 6.34. The van der Waals surface area contributed by atoms with Crippen LogP contribution in [0.25, 0.3) is 0 Å². The quantitative estimate of drug-likeness (QED) is 0.938. The van der Waals surface area contributed by atoms with Gasteiger partial charge < -0.3 is 10.2 Å². The van der Waals surface area contributed by atoms with Gasteiger partial charge in [0.25, 0.3) is 0 Å². The fraction of sp³-hybridized carbons (Fsp3) is 0.412. The van der Waals surface area contributed by atoms with Gasteiger partial charge in [0.05, 0.1) is 12.1 Å². The lowest BCUT2D eigenvalue weighted by Gasteiger charge is -2.24. The Morgan fingerprint density at radius 1 is 1.43 bits per heavy atom. The lowest BCUT2D eigenvalue weighted by Crippen LogP contribution is -2.36. The van der Waals surface area contributed by atoms with Crippen LogP contribution in [0.15, 0.2) is 30.6 Å². The van der Waals surface area contributed by atoms with Crippen LogP contribution in [0, 0.1) is 12.8 Å². The third kappa shape index (κ3) is 3.12. The number of hydrogen-bond donors (Lipinski definition) is 1. The Morgan fingerprint density at radius 2 is 2.22 bits per heavy atom. The first-order valence-electron chi connectivity index (χ1n) is 7.70. The van der Waals surface area contributed by atoms with Crippen molar-refractivity contribution in [1.29, 1.82) is 0 Å². The molecule has 1 aromatic heterocycles. The van der Waals surface area contributed by atoms with Crippen LogP contribution in [-0.4, -0.2) is 35.8 Å². The van der Waals surface area contributed by atoms with Crippen LogP contribution in [0.2, 0.25) is 5.02 Å². The molecule has 122 valence electrons. The van der Waals surface area contributed by atoms with Crippen molar-refractivity contribution in [2.24, 2.45) is 13.0 Å². The Kier molecular flexibility index (Phi) is 4.41. The Hall–Kier alpha value is -1.85. The van der Waals surface area contributed by atoms with Crippen LogP contribution in [-0.2, 0) is 11.8 Å². The Labute approximate surface area is 141 Å². The van der Waals surface area contributed by atoms with E-state index in [0.717, 1.165) is 23.4 Å². The molecule has 3 rings (SSSR count). The number of aryl methyl sites for hydroxylation is 2. The van der Waals surface area contributed by atoms with Crippen LogP contribution in [0.1, 0.15) is 17.0 Å². The zero-order chi connectivity index (χ0) is 16.6. The molecule has 1 fully saturated rings. The molecule has 5 nitrogen and oxygen atoms in total. The van der Waals surface area contributed by atoms with Gasteiger partial charge in [-0.15, -0.1) is 0 Å². The largest absolute Gasteiger partial charge is 0.315 e. The van der Waals surface area contributed by atoms with Crippen molar-refractivity contribution in [2.45, 2.75) is 12.8 Å². The van der Waals surface area contributed by atoms with Gasteiger partial charge in [0, 0.05) is 50.0 Å². The number of benzene rings is 1. The summed E-state index contributed by atoms with van der Waals surface area (Å²) in [7, 11) is 3.70. The molecule has 2 aromatic rings. The summed E-state index contributed by atoms with van der Waals surface area (Å²) >= 11 is 6.19. The number of aromatic nitrogens is 2. The van der Waals surface area contributed by atoms with Crippen LogP contribution in [0.3, 0.4) is 0 Å². The molecular formula is C17H21ClN4O. The molecular weight excluding hydrogens is 312 g/mol. The van der Waals surface area contributed by atoms with E-state index in [1.54, 1.807) is 9.58 Å². The number of nitrogens with zero attached hydrogens (tertiary/aromatic N) is 3. The average Bonchev–Trinajstić information content (AvgIpc) is 3.17. The number of anilines is 1. The van der Waals surface area contributed by atoms with Gasteiger partial charge in [0.15, 0.2) is 0 Å². The van der Waals surface area contributed by atoms with Crippen molar-refractivity contribution in [3.63, 3.8) is 0 Å². The van der Waals surface area contributed by atoms with E-state index in [-0.39, 0.29) is 17.7 Å². The third-order valence-corrected chi connectivity index (χ3v) is 4.96. The summed E-state index contributed by atoms with van der Waals surface area (Å²) in [5.41, 5.74) is 2.93. The summed E-state index contributed by atoms with van der Waals surface area (Å²) < 4.78 is 1.78. The topological polar surface area (TPSA) is 50.2 Å². The molecule has 1 aliphatic rings. The van der Waals surface area contributed by atoms with Gasteiger partial charge >= 0.3 is 0 Å². The molecule has 1 N–H and O–H groups in total. The predicted molar refractivity (Wildman–Crippen MR) is 91.9 cm³/mol. The minimum Gasteiger partial charge on any atom is -0.315 e. The number of carbonyl (C=O) groups excluding carboxylic acids is 1. The van der Waals surface area contributed by atoms with Crippen molar-refractivity contribution >= 4 is 23.2 Å². The minimum absolute atomic E-state index is 0.0933. The normalized spacial score (nSPS) is 20.7. The van der Waals surface area contributed by atoms with Crippen molar-refractivity contribution < 1.29 is 4.79 Å². The molecule has 0 saturated carbocycles. The molecule has 0 aliphatic carbocycles. The molecule has 0 unspecified atom stereocenters. The SMILES string of the molecule is Cc1ccc(N(C)C(=O)[C@H]2CNC[C@@H]2c2cnn(C)c2)cc1Cl. The van der Waals surface area contributed by atoms with Gasteiger partial charge in [0.2, 0.25) is 5.91 Å². The minimum atomic E-state index is -0.0933. The summed E-state index contributed by atoms with van der Waals surface area (Å²) in [5.74, 6) is 0.160. The van der Waals surface area contributed by atoms with Crippen molar-refractivity contribution in [2.75, 3.05) is 25.0 Å². The van der Waals surface area contributed by atoms with Crippen LogP contribution < -0.4 is 10.2 Å². The summed E-state index contributed by atoms with van der Waals surface area (Å²) in [4.78, 5) is 14.6. The highest BCUT2D eigenvalue weighted by atomic mass is 35.5. The standard InChI is InChI=1S/C17H21ClN4O/c1-11-4-5-13(6-16(11)18)22(3)17(23)15-9-19-8-14(15)12-7-20-21(2)10-12/h4-7,10,14-15,19H,8-9H2,1-3H3/t14-,15+/m1/s1. The monoisotopic (exact) mass is 332 g/mol. The fourth-order valence-corrected chi connectivity index (χ4v) is 3.26. The van der Waals surface area contributed by atoms with Gasteiger partial charge in [-0.25, -0.2) is 0 Å². The maximum Gasteiger partial charge on any atom is 0.231 e. The van der Waals surface area contributed by atoms with Crippen molar-refractivity contribution in [1.82, 2.24) is 15.1 Å². The summed E-state index contributed by atoms with van der Waals surface area (Å²) in [6.45, 7) is 3.43. The second-order valence-corrected chi connectivity index (χ2v) is 6.56. The second-order valence-electron chi connectivity index (χ2n) is 6.15. The molecule has 23 heavy (non-hydrogen) atoms. The van der Waals surface area contributed by atoms with Gasteiger partial charge in [-0.2, -0.15) is 5.10 Å². The molecule has 6 heteroatoms. The molecule has 1 aliphatic heterocycles. The number of nitrogens with one attached hydrogen (secondary N) is 1. The van der Waals surface area contributed by atoms with E-state index in [9.17, 15) is 4.79 Å². The molecule has 1 aromatic carbocycles. The summed E-state index contributed by atoms with van der Waals surface area (Å²) in [6, 6.07) is 5.71. The molecule has 0 radical (unpaired) electrons. The first-order chi connectivity index (χ1) is 11.0. The number of rotatable bonds is 3. The molecule has 0 spiro atoms. The molecule has 2 heterocycles. The van der Waals surface area contributed by atoms with Gasteiger partial charge in [0.1, 0.15) is 0 Å². The van der Waals surface area contributed by atoms with Crippen LogP contribution >= 0.6 is 11.6 Å². The summed E-state index contributed by atoms with van der Waals surface area (Å²) in [5, 5.41) is 8.23. The lowest BCUT2D eigenvalue weighted by atomic mass is 9.90. The van der Waals surface area contributed by atoms with E-state index >= 15 is 0 Å². The average molecular weight is 333 g/mol. The van der Waals surface area contributed by atoms with E-state index in [1.807, 2.05) is 51.6 Å². The van der Waals surface area contributed by atoms with Crippen LogP contribution in [0.5, 0.6) is 0 Å². The molecule has 1 saturated heterocycles. The maximum atomic E-state index is 12.9. The highest BCUT2D eigenvalue weighted by Gasteiger charge is 2.36. The Morgan fingerprint density at radius 3 is 2.87 bits per heavy atom. The van der Waals surface area contributed by atoms with Crippen LogP contribution in [0.4, 0.5) is 5.69 Å². The number of halogens is 1. The molecule has 0 bridgehead atoms. The molecule has 2 atom stereocenters. The first-order valence-corrected chi connectivity index (χ1v) is 8.08. The zero-order valence-corrected chi connectivity index (χ0v) is 14.3. The van der Waals surface area contributed by atoms with E-state index < -0.39 is 0 Å². The predicted octanol–water partition coefficient (Wildman–Crippen LogP) is 2.35. The highest BCUT2D eigenvalue weighted by molar-refractivity contribution is 6.31. The van der Waals surface area contributed by atoms with E-state index in [2.05, 4.69) is 10.4 Å². The van der Waals surface area contributed by atoms with Crippen molar-refractivity contribution in [3.8, 4) is 0 Å². The van der Waals surface area contributed by atoms with E-state index in [0.29, 0.717) is 11.6 Å². The smallest absolute Gasteiger partial charge is 0.231 e. The number of hydrogen-bond acceptors (Lipinski definition) is 3. The first kappa shape index (κ1) is 16.0. The highest BCUT2D eigenvalue weighted by Crippen LogP contribution is 2.31. The molecule has 1 amide bonds. The lowest BCUT2D eigenvalue weighted by molar-refractivity contribution is -0.121. The van der Waals surface area contributed by atoms with Gasteiger partial charge in [-0.3, -0.25) is 9.48 Å². The number of carbonyl (C=O) groups is 1.